The minimum absolute atomic E-state index is 0.122. The van der Waals surface area contributed by atoms with Crippen molar-refractivity contribution < 1.29 is 44.7 Å². The van der Waals surface area contributed by atoms with Crippen LogP contribution in [0.3, 0.4) is 0 Å². The molecule has 1 atom stereocenters. The Morgan fingerprint density at radius 1 is 0.707 bits per heavy atom. The van der Waals surface area contributed by atoms with Crippen LogP contribution < -0.4 is 0 Å². The van der Waals surface area contributed by atoms with E-state index in [1.165, 1.54) is 0 Å². The van der Waals surface area contributed by atoms with Crippen LogP contribution in [0.4, 0.5) is 0 Å². The summed E-state index contributed by atoms with van der Waals surface area (Å²) in [6, 6.07) is 0. The molecule has 1 fully saturated rings. The minimum Gasteiger partial charge on any atom is -0.480 e. The van der Waals surface area contributed by atoms with Gasteiger partial charge in [0.25, 0.3) is 0 Å². The molecule has 14 nitrogen and oxygen atoms in total. The van der Waals surface area contributed by atoms with Gasteiger partial charge in [-0.25, -0.2) is 0 Å². The van der Waals surface area contributed by atoms with E-state index in [-0.39, 0.29) is 39.3 Å². The van der Waals surface area contributed by atoms with Crippen molar-refractivity contribution in [1.82, 2.24) is 24.5 Å². The van der Waals surface area contributed by atoms with Crippen molar-refractivity contribution in [2.45, 2.75) is 26.4 Å². The van der Waals surface area contributed by atoms with Gasteiger partial charge >= 0.3 is 23.9 Å². The van der Waals surface area contributed by atoms with E-state index >= 15 is 0 Å². The Morgan fingerprint density at radius 2 is 1.12 bits per heavy atom. The number of carboxylic acids is 4. The lowest BCUT2D eigenvalue weighted by molar-refractivity contribution is -0.140. The number of aliphatic hydroxyl groups excluding tert-OH is 1. The molecule has 0 bridgehead atoms. The number of hydrogen-bond donors (Lipinski definition) is 5. The SMILES string of the molecule is C/C=C\C(=C/C)CCN(CC(=O)O)CC(O)CN1CCN(CC(=O)O)CCN(CC(=O)O)CCN(CC(=O)O)CC1. The third-order valence-corrected chi connectivity index (χ3v) is 6.77. The van der Waals surface area contributed by atoms with Gasteiger partial charge in [0.15, 0.2) is 0 Å². The molecule has 0 aromatic heterocycles. The van der Waals surface area contributed by atoms with Crippen LogP contribution in [0.15, 0.2) is 23.8 Å². The first-order valence-corrected chi connectivity index (χ1v) is 13.9. The summed E-state index contributed by atoms with van der Waals surface area (Å²) in [5.41, 5.74) is 1.06. The van der Waals surface area contributed by atoms with Crippen LogP contribution >= 0.6 is 0 Å². The smallest absolute Gasteiger partial charge is 0.317 e. The van der Waals surface area contributed by atoms with Crippen molar-refractivity contribution in [2.75, 3.05) is 98.2 Å². The Bertz CT molecular complexity index is 866. The fourth-order valence-corrected chi connectivity index (χ4v) is 4.71. The Hall–Kier alpha value is -2.88. The molecule has 1 unspecified atom stereocenters. The zero-order valence-corrected chi connectivity index (χ0v) is 24.2. The van der Waals surface area contributed by atoms with Gasteiger partial charge in [0.2, 0.25) is 0 Å². The van der Waals surface area contributed by atoms with Crippen LogP contribution in [-0.4, -0.2) is 178 Å². The summed E-state index contributed by atoms with van der Waals surface area (Å²) in [5, 5.41) is 48.4. The zero-order chi connectivity index (χ0) is 30.8. The predicted molar refractivity (Wildman–Crippen MR) is 152 cm³/mol. The van der Waals surface area contributed by atoms with Gasteiger partial charge in [0.05, 0.1) is 32.3 Å². The van der Waals surface area contributed by atoms with Crippen molar-refractivity contribution >= 4 is 23.9 Å². The van der Waals surface area contributed by atoms with Crippen LogP contribution in [0.5, 0.6) is 0 Å². The number of allylic oxidation sites excluding steroid dienone is 3. The van der Waals surface area contributed by atoms with E-state index in [1.807, 2.05) is 37.0 Å². The molecular weight excluding hydrogens is 538 g/mol. The highest BCUT2D eigenvalue weighted by Crippen LogP contribution is 2.08. The monoisotopic (exact) mass is 585 g/mol. The molecule has 1 aliphatic rings. The molecule has 0 radical (unpaired) electrons. The number of rotatable bonds is 16. The third kappa shape index (κ3) is 17.5. The molecule has 0 aromatic rings. The van der Waals surface area contributed by atoms with Crippen LogP contribution in [-0.2, 0) is 19.2 Å². The Kier molecular flexibility index (Phi) is 17.7. The molecule has 5 N–H and O–H groups in total. The van der Waals surface area contributed by atoms with Crippen molar-refractivity contribution in [2.24, 2.45) is 0 Å². The molecule has 0 aliphatic carbocycles. The number of carboxylic acid groups (broad SMARTS) is 4. The summed E-state index contributed by atoms with van der Waals surface area (Å²) in [5.74, 6) is -4.04. The maximum atomic E-state index is 11.5. The van der Waals surface area contributed by atoms with E-state index < -0.39 is 30.0 Å². The average Bonchev–Trinajstić information content (AvgIpc) is 2.86. The Morgan fingerprint density at radius 3 is 1.46 bits per heavy atom. The second-order valence-corrected chi connectivity index (χ2v) is 10.2. The highest BCUT2D eigenvalue weighted by molar-refractivity contribution is 5.70. The van der Waals surface area contributed by atoms with Gasteiger partial charge in [-0.1, -0.05) is 23.8 Å². The molecule has 14 heteroatoms. The van der Waals surface area contributed by atoms with Gasteiger partial charge < -0.3 is 25.5 Å². The first kappa shape index (κ1) is 36.1. The quantitative estimate of drug-likeness (QED) is 0.141. The van der Waals surface area contributed by atoms with E-state index in [0.29, 0.717) is 65.3 Å². The van der Waals surface area contributed by atoms with Gasteiger partial charge in [0.1, 0.15) is 0 Å². The van der Waals surface area contributed by atoms with Crippen molar-refractivity contribution in [1.29, 1.82) is 0 Å². The summed E-state index contributed by atoms with van der Waals surface area (Å²) < 4.78 is 0. The predicted octanol–water partition coefficient (Wildman–Crippen LogP) is -0.878. The molecule has 0 aromatic carbocycles. The number of nitrogens with zero attached hydrogens (tertiary/aromatic N) is 5. The van der Waals surface area contributed by atoms with Gasteiger partial charge in [-0.05, 0) is 20.3 Å². The number of aliphatic hydroxyl groups is 1. The first-order chi connectivity index (χ1) is 19.4. The molecule has 1 saturated heterocycles. The third-order valence-electron chi connectivity index (χ3n) is 6.77. The van der Waals surface area contributed by atoms with Gasteiger partial charge in [-0.15, -0.1) is 0 Å². The normalized spacial score (nSPS) is 18.7. The summed E-state index contributed by atoms with van der Waals surface area (Å²) in [6.07, 6.45) is 5.55. The number of aliphatic carboxylic acids is 4. The summed E-state index contributed by atoms with van der Waals surface area (Å²) in [6.45, 7) is 6.30. The van der Waals surface area contributed by atoms with E-state index in [1.54, 1.807) is 19.6 Å². The number of hydrogen-bond acceptors (Lipinski definition) is 10. The molecule has 1 aliphatic heterocycles. The van der Waals surface area contributed by atoms with Gasteiger partial charge in [0, 0.05) is 72.0 Å². The molecule has 0 spiro atoms. The number of carbonyl (C=O) groups is 4. The standard InChI is InChI=1S/C27H47N5O9/c1-3-5-22(4-2)6-7-32(21-27(40)41)17-23(33)16-28-8-10-29(18-24(34)35)12-14-31(20-26(38)39)15-13-30(11-9-28)19-25(36)37/h3-5,23,33H,6-21H2,1-2H3,(H,34,35)(H,36,37)(H,38,39)(H,40,41)/b5-3-,22-4+. The topological polar surface area (TPSA) is 186 Å². The number of β-amino-alcohol motifs (C(OH)–C–C–N with tert-alkyl or cyclic N) is 1. The fraction of sp³-hybridized carbons (Fsp3) is 0.704. The summed E-state index contributed by atoms with van der Waals surface area (Å²) in [4.78, 5) is 54.4. The minimum atomic E-state index is -1.02. The maximum Gasteiger partial charge on any atom is 0.317 e. The van der Waals surface area contributed by atoms with Crippen molar-refractivity contribution in [3.8, 4) is 0 Å². The van der Waals surface area contributed by atoms with Crippen LogP contribution in [0.1, 0.15) is 20.3 Å². The molecular formula is C27H47N5O9. The average molecular weight is 586 g/mol. The van der Waals surface area contributed by atoms with Crippen LogP contribution in [0, 0.1) is 0 Å². The second-order valence-electron chi connectivity index (χ2n) is 10.2. The van der Waals surface area contributed by atoms with E-state index in [2.05, 4.69) is 0 Å². The molecule has 1 heterocycles. The highest BCUT2D eigenvalue weighted by atomic mass is 16.4. The zero-order valence-electron chi connectivity index (χ0n) is 24.2. The lowest BCUT2D eigenvalue weighted by Crippen LogP contribution is -2.50. The molecule has 0 saturated carbocycles. The summed E-state index contributed by atoms with van der Waals surface area (Å²) in [7, 11) is 0. The first-order valence-electron chi connectivity index (χ1n) is 13.9. The van der Waals surface area contributed by atoms with Crippen LogP contribution in [0.2, 0.25) is 0 Å². The molecule has 1 rings (SSSR count). The van der Waals surface area contributed by atoms with Crippen molar-refractivity contribution in [3.63, 3.8) is 0 Å². The molecule has 0 amide bonds. The maximum absolute atomic E-state index is 11.5. The van der Waals surface area contributed by atoms with E-state index in [9.17, 15) is 44.7 Å². The Labute approximate surface area is 241 Å². The fourth-order valence-electron chi connectivity index (χ4n) is 4.71. The van der Waals surface area contributed by atoms with Crippen molar-refractivity contribution in [3.05, 3.63) is 23.8 Å². The lowest BCUT2D eigenvalue weighted by Gasteiger charge is -2.34. The van der Waals surface area contributed by atoms with E-state index in [4.69, 9.17) is 0 Å². The Balaban J connectivity index is 3.00. The lowest BCUT2D eigenvalue weighted by atomic mass is 10.1. The van der Waals surface area contributed by atoms with Crippen LogP contribution in [0.25, 0.3) is 0 Å². The van der Waals surface area contributed by atoms with Gasteiger partial charge in [-0.2, -0.15) is 0 Å². The molecule has 41 heavy (non-hydrogen) atoms. The highest BCUT2D eigenvalue weighted by Gasteiger charge is 2.22. The molecule has 234 valence electrons. The summed E-state index contributed by atoms with van der Waals surface area (Å²) >= 11 is 0. The largest absolute Gasteiger partial charge is 0.480 e. The second kappa shape index (κ2) is 20.1. The van der Waals surface area contributed by atoms with E-state index in [0.717, 1.165) is 5.57 Å². The van der Waals surface area contributed by atoms with Gasteiger partial charge in [-0.3, -0.25) is 43.7 Å².